The normalized spacial score (nSPS) is 10.8. The van der Waals surface area contributed by atoms with Crippen LogP contribution in [0.5, 0.6) is 5.75 Å². The molecule has 25 heavy (non-hydrogen) atoms. The summed E-state index contributed by atoms with van der Waals surface area (Å²) in [7, 11) is 0. The molecule has 5 nitrogen and oxygen atoms in total. The number of amides is 1. The summed E-state index contributed by atoms with van der Waals surface area (Å²) in [4.78, 5) is 16.3. The van der Waals surface area contributed by atoms with Crippen LogP contribution in [0.15, 0.2) is 48.5 Å². The van der Waals surface area contributed by atoms with E-state index in [0.29, 0.717) is 6.54 Å². The first-order valence-electron chi connectivity index (χ1n) is 8.21. The minimum Gasteiger partial charge on any atom is -0.481 e. The SMILES string of the molecule is Cc1nc2ccccc2n1CCCNC(=O)COc1ccccc1F. The molecule has 1 heterocycles. The van der Waals surface area contributed by atoms with Gasteiger partial charge in [0.15, 0.2) is 18.2 Å². The Labute approximate surface area is 145 Å². The van der Waals surface area contributed by atoms with E-state index in [9.17, 15) is 9.18 Å². The molecule has 0 saturated heterocycles. The summed E-state index contributed by atoms with van der Waals surface area (Å²) in [6, 6.07) is 14.0. The molecule has 3 rings (SSSR count). The van der Waals surface area contributed by atoms with Crippen LogP contribution in [0.2, 0.25) is 0 Å². The number of rotatable bonds is 7. The highest BCUT2D eigenvalue weighted by atomic mass is 19.1. The van der Waals surface area contributed by atoms with Gasteiger partial charge in [-0.25, -0.2) is 9.37 Å². The van der Waals surface area contributed by atoms with Crippen molar-refractivity contribution in [3.05, 3.63) is 60.2 Å². The van der Waals surface area contributed by atoms with Gasteiger partial charge in [-0.05, 0) is 37.6 Å². The highest BCUT2D eigenvalue weighted by Gasteiger charge is 2.08. The molecule has 0 bridgehead atoms. The lowest BCUT2D eigenvalue weighted by atomic mass is 10.3. The van der Waals surface area contributed by atoms with Crippen LogP contribution in [-0.4, -0.2) is 28.6 Å². The number of aromatic nitrogens is 2. The smallest absolute Gasteiger partial charge is 0.257 e. The molecule has 1 aromatic heterocycles. The third kappa shape index (κ3) is 4.15. The molecule has 0 fully saturated rings. The monoisotopic (exact) mass is 341 g/mol. The molecule has 6 heteroatoms. The molecule has 0 radical (unpaired) electrons. The predicted octanol–water partition coefficient (Wildman–Crippen LogP) is 3.07. The van der Waals surface area contributed by atoms with Crippen LogP contribution in [0.1, 0.15) is 12.2 Å². The van der Waals surface area contributed by atoms with Gasteiger partial charge in [-0.15, -0.1) is 0 Å². The van der Waals surface area contributed by atoms with Gasteiger partial charge in [0.05, 0.1) is 11.0 Å². The Morgan fingerprint density at radius 1 is 1.20 bits per heavy atom. The Bertz CT molecular complexity index is 876. The largest absolute Gasteiger partial charge is 0.481 e. The van der Waals surface area contributed by atoms with Gasteiger partial charge in [0.2, 0.25) is 0 Å². The Balaban J connectivity index is 1.44. The van der Waals surface area contributed by atoms with Gasteiger partial charge in [-0.1, -0.05) is 24.3 Å². The van der Waals surface area contributed by atoms with E-state index in [1.54, 1.807) is 12.1 Å². The number of nitrogens with one attached hydrogen (secondary N) is 1. The fourth-order valence-corrected chi connectivity index (χ4v) is 2.70. The first kappa shape index (κ1) is 17.0. The summed E-state index contributed by atoms with van der Waals surface area (Å²) >= 11 is 0. The van der Waals surface area contributed by atoms with Crippen LogP contribution >= 0.6 is 0 Å². The van der Waals surface area contributed by atoms with Crippen molar-refractivity contribution in [3.8, 4) is 5.75 Å². The third-order valence-electron chi connectivity index (χ3n) is 3.92. The van der Waals surface area contributed by atoms with Crippen LogP contribution in [0, 0.1) is 12.7 Å². The van der Waals surface area contributed by atoms with Crippen molar-refractivity contribution in [2.24, 2.45) is 0 Å². The van der Waals surface area contributed by atoms with Crippen molar-refractivity contribution in [1.82, 2.24) is 14.9 Å². The van der Waals surface area contributed by atoms with E-state index < -0.39 is 5.82 Å². The van der Waals surface area contributed by atoms with Gasteiger partial charge in [0.25, 0.3) is 5.91 Å². The average Bonchev–Trinajstić information content (AvgIpc) is 2.93. The number of ether oxygens (including phenoxy) is 1. The summed E-state index contributed by atoms with van der Waals surface area (Å²) in [5.41, 5.74) is 2.07. The lowest BCUT2D eigenvalue weighted by Gasteiger charge is -2.09. The Morgan fingerprint density at radius 3 is 2.80 bits per heavy atom. The molecule has 2 aromatic carbocycles. The number of imidazole rings is 1. The van der Waals surface area contributed by atoms with Gasteiger partial charge in [0.1, 0.15) is 5.82 Å². The van der Waals surface area contributed by atoms with Gasteiger partial charge < -0.3 is 14.6 Å². The van der Waals surface area contributed by atoms with Gasteiger partial charge >= 0.3 is 0 Å². The number of halogens is 1. The quantitative estimate of drug-likeness (QED) is 0.672. The third-order valence-corrected chi connectivity index (χ3v) is 3.92. The molecular weight excluding hydrogens is 321 g/mol. The second-order valence-electron chi connectivity index (χ2n) is 5.72. The average molecular weight is 341 g/mol. The summed E-state index contributed by atoms with van der Waals surface area (Å²) in [6.45, 7) is 3.06. The molecule has 3 aromatic rings. The second kappa shape index (κ2) is 7.79. The molecule has 0 aliphatic carbocycles. The van der Waals surface area contributed by atoms with Crippen molar-refractivity contribution in [3.63, 3.8) is 0 Å². The number of hydrogen-bond acceptors (Lipinski definition) is 3. The molecular formula is C19H20FN3O2. The van der Waals surface area contributed by atoms with Crippen molar-refractivity contribution < 1.29 is 13.9 Å². The lowest BCUT2D eigenvalue weighted by Crippen LogP contribution is -2.30. The predicted molar refractivity (Wildman–Crippen MR) is 94.0 cm³/mol. The zero-order valence-electron chi connectivity index (χ0n) is 14.0. The number of carbonyl (C=O) groups is 1. The first-order chi connectivity index (χ1) is 12.1. The number of fused-ring (bicyclic) bond motifs is 1. The van der Waals surface area contributed by atoms with E-state index >= 15 is 0 Å². The van der Waals surface area contributed by atoms with Crippen molar-refractivity contribution in [2.45, 2.75) is 19.9 Å². The molecule has 1 N–H and O–H groups in total. The number of para-hydroxylation sites is 3. The maximum Gasteiger partial charge on any atom is 0.257 e. The van der Waals surface area contributed by atoms with Crippen molar-refractivity contribution in [2.75, 3.05) is 13.2 Å². The standard InChI is InChI=1S/C19H20FN3O2/c1-14-22-16-8-3-4-9-17(16)23(14)12-6-11-21-19(24)13-25-18-10-5-2-7-15(18)20/h2-5,7-10H,6,11-13H2,1H3,(H,21,24). The van der Waals surface area contributed by atoms with Gasteiger partial charge in [-0.3, -0.25) is 4.79 Å². The van der Waals surface area contributed by atoms with Crippen molar-refractivity contribution in [1.29, 1.82) is 0 Å². The topological polar surface area (TPSA) is 56.2 Å². The molecule has 0 unspecified atom stereocenters. The fraction of sp³-hybridized carbons (Fsp3) is 0.263. The molecule has 0 aliphatic heterocycles. The molecule has 0 saturated carbocycles. The van der Waals surface area contributed by atoms with Crippen LogP contribution in [0.4, 0.5) is 4.39 Å². The number of nitrogens with zero attached hydrogens (tertiary/aromatic N) is 2. The molecule has 1 amide bonds. The molecule has 0 atom stereocenters. The second-order valence-corrected chi connectivity index (χ2v) is 5.72. The first-order valence-corrected chi connectivity index (χ1v) is 8.21. The molecule has 0 aliphatic rings. The zero-order chi connectivity index (χ0) is 17.6. The Hall–Kier alpha value is -2.89. The van der Waals surface area contributed by atoms with E-state index in [2.05, 4.69) is 14.9 Å². The zero-order valence-corrected chi connectivity index (χ0v) is 14.0. The minimum atomic E-state index is -0.474. The van der Waals surface area contributed by atoms with E-state index in [-0.39, 0.29) is 18.3 Å². The number of aryl methyl sites for hydroxylation is 2. The van der Waals surface area contributed by atoms with E-state index in [1.807, 2.05) is 31.2 Å². The fourth-order valence-electron chi connectivity index (χ4n) is 2.70. The number of hydrogen-bond donors (Lipinski definition) is 1. The van der Waals surface area contributed by atoms with Crippen LogP contribution < -0.4 is 10.1 Å². The summed E-state index contributed by atoms with van der Waals surface area (Å²) < 4.78 is 20.7. The maximum atomic E-state index is 13.4. The minimum absolute atomic E-state index is 0.0816. The summed E-state index contributed by atoms with van der Waals surface area (Å²) in [5.74, 6) is 0.293. The van der Waals surface area contributed by atoms with Crippen LogP contribution in [0.3, 0.4) is 0 Å². The highest BCUT2D eigenvalue weighted by Crippen LogP contribution is 2.16. The number of benzene rings is 2. The number of carbonyl (C=O) groups excluding carboxylic acids is 1. The summed E-state index contributed by atoms with van der Waals surface area (Å²) in [5, 5.41) is 2.78. The Morgan fingerprint density at radius 2 is 1.96 bits per heavy atom. The van der Waals surface area contributed by atoms with E-state index in [4.69, 9.17) is 4.74 Å². The van der Waals surface area contributed by atoms with E-state index in [0.717, 1.165) is 29.8 Å². The van der Waals surface area contributed by atoms with Gasteiger partial charge in [-0.2, -0.15) is 0 Å². The van der Waals surface area contributed by atoms with Crippen LogP contribution in [0.25, 0.3) is 11.0 Å². The molecule has 0 spiro atoms. The molecule has 130 valence electrons. The van der Waals surface area contributed by atoms with E-state index in [1.165, 1.54) is 12.1 Å². The van der Waals surface area contributed by atoms with Crippen LogP contribution in [-0.2, 0) is 11.3 Å². The maximum absolute atomic E-state index is 13.4. The highest BCUT2D eigenvalue weighted by molar-refractivity contribution is 5.77. The lowest BCUT2D eigenvalue weighted by molar-refractivity contribution is -0.123. The summed E-state index contributed by atoms with van der Waals surface area (Å²) in [6.07, 6.45) is 0.770. The van der Waals surface area contributed by atoms with Crippen molar-refractivity contribution >= 4 is 16.9 Å². The van der Waals surface area contributed by atoms with Gasteiger partial charge in [0, 0.05) is 13.1 Å². The Kier molecular flexibility index (Phi) is 5.28.